The Labute approximate surface area is 155 Å². The van der Waals surface area contributed by atoms with Crippen molar-refractivity contribution < 1.29 is 10.2 Å². The summed E-state index contributed by atoms with van der Waals surface area (Å²) in [6.45, 7) is 4.00. The van der Waals surface area contributed by atoms with Crippen molar-refractivity contribution in [3.63, 3.8) is 0 Å². The van der Waals surface area contributed by atoms with E-state index in [1.807, 2.05) is 44.2 Å². The van der Waals surface area contributed by atoms with Gasteiger partial charge >= 0.3 is 0 Å². The van der Waals surface area contributed by atoms with Gasteiger partial charge in [0.25, 0.3) is 0 Å². The third-order valence-corrected chi connectivity index (χ3v) is 4.34. The molecular weight excluding hydrogens is 324 g/mol. The molecule has 0 saturated carbocycles. The molecule has 0 amide bonds. The molecule has 3 rings (SSSR count). The lowest BCUT2D eigenvalue weighted by Gasteiger charge is -2.16. The van der Waals surface area contributed by atoms with Crippen LogP contribution in [0.1, 0.15) is 43.4 Å². The third-order valence-electron chi connectivity index (χ3n) is 4.34. The maximum Gasteiger partial charge on any atom is 0.115 e. The van der Waals surface area contributed by atoms with Crippen molar-refractivity contribution in [2.24, 2.45) is 0 Å². The fraction of sp³-hybridized carbons (Fsp3) is 0.273. The number of phenols is 1. The summed E-state index contributed by atoms with van der Waals surface area (Å²) >= 11 is 0. The van der Waals surface area contributed by atoms with Crippen LogP contribution in [0.4, 0.5) is 11.4 Å². The Morgan fingerprint density at radius 2 is 1.46 bits per heavy atom. The van der Waals surface area contributed by atoms with Gasteiger partial charge in [0.05, 0.1) is 5.76 Å². The number of allylic oxidation sites excluding steroid dienone is 4. The van der Waals surface area contributed by atoms with E-state index in [2.05, 4.69) is 0 Å². The average molecular weight is 352 g/mol. The highest BCUT2D eigenvalue weighted by Gasteiger charge is 2.12. The molecule has 0 atom stereocenters. The van der Waals surface area contributed by atoms with Gasteiger partial charge in [-0.3, -0.25) is 0 Å². The van der Waals surface area contributed by atoms with Crippen molar-refractivity contribution >= 4 is 11.4 Å². The van der Waals surface area contributed by atoms with Crippen LogP contribution in [0.25, 0.3) is 0 Å². The second kappa shape index (κ2) is 8.99. The summed E-state index contributed by atoms with van der Waals surface area (Å²) < 4.78 is 0. The number of phenolic OH excluding ortho intramolecular Hbond substituents is 1. The number of nitrogen functional groups attached to an aromatic ring is 2. The minimum atomic E-state index is 0.250. The van der Waals surface area contributed by atoms with E-state index in [4.69, 9.17) is 11.5 Å². The highest BCUT2D eigenvalue weighted by atomic mass is 16.3. The molecule has 0 fully saturated rings. The maximum atomic E-state index is 9.47. The molecule has 2 aromatic rings. The van der Waals surface area contributed by atoms with Gasteiger partial charge in [-0.05, 0) is 66.3 Å². The smallest absolute Gasteiger partial charge is 0.115 e. The van der Waals surface area contributed by atoms with Crippen LogP contribution in [0.2, 0.25) is 0 Å². The van der Waals surface area contributed by atoms with Gasteiger partial charge in [0, 0.05) is 17.8 Å². The largest absolute Gasteiger partial charge is 0.512 e. The second-order valence-electron chi connectivity index (χ2n) is 6.26. The van der Waals surface area contributed by atoms with Crippen LogP contribution in [0.15, 0.2) is 59.9 Å². The highest BCUT2D eigenvalue weighted by Crippen LogP contribution is 2.29. The molecule has 1 aliphatic carbocycles. The first-order chi connectivity index (χ1) is 12.5. The van der Waals surface area contributed by atoms with Gasteiger partial charge in [0.15, 0.2) is 0 Å². The molecule has 0 aromatic heterocycles. The lowest BCUT2D eigenvalue weighted by Crippen LogP contribution is -2.05. The Bertz CT molecular complexity index is 806. The zero-order chi connectivity index (χ0) is 19.1. The normalized spacial score (nSPS) is 13.3. The van der Waals surface area contributed by atoms with Crippen LogP contribution in [-0.2, 0) is 12.8 Å². The van der Waals surface area contributed by atoms with E-state index >= 15 is 0 Å². The number of nitrogens with two attached hydrogens (primary N) is 2. The standard InChI is InChI=1S/C20H22N2O2.C2H6/c21-17-11-15(9-13-1-5-18(23)6-2-13)20(22)16(12-17)10-14-3-7-19(24)8-4-14;1-2/h1-3,5-7,11-12,23-24H,4,8-10,21-22H2;1-2H3. The predicted octanol–water partition coefficient (Wildman–Crippen LogP) is 4.88. The first-order valence-corrected chi connectivity index (χ1v) is 9.03. The van der Waals surface area contributed by atoms with Crippen LogP contribution >= 0.6 is 0 Å². The number of anilines is 2. The first kappa shape index (κ1) is 19.4. The zero-order valence-corrected chi connectivity index (χ0v) is 15.5. The van der Waals surface area contributed by atoms with Crippen LogP contribution < -0.4 is 11.5 Å². The summed E-state index contributed by atoms with van der Waals surface area (Å²) in [4.78, 5) is 0. The minimum Gasteiger partial charge on any atom is -0.512 e. The zero-order valence-electron chi connectivity index (χ0n) is 15.5. The van der Waals surface area contributed by atoms with Gasteiger partial charge in [-0.15, -0.1) is 0 Å². The lowest BCUT2D eigenvalue weighted by atomic mass is 9.92. The van der Waals surface area contributed by atoms with Gasteiger partial charge in [-0.2, -0.15) is 0 Å². The molecule has 0 heterocycles. The Morgan fingerprint density at radius 1 is 0.846 bits per heavy atom. The highest BCUT2D eigenvalue weighted by molar-refractivity contribution is 5.63. The topological polar surface area (TPSA) is 92.5 Å². The van der Waals surface area contributed by atoms with Crippen molar-refractivity contribution in [1.82, 2.24) is 0 Å². The van der Waals surface area contributed by atoms with Gasteiger partial charge < -0.3 is 21.7 Å². The molecule has 6 N–H and O–H groups in total. The molecule has 2 aromatic carbocycles. The van der Waals surface area contributed by atoms with E-state index in [0.29, 0.717) is 24.3 Å². The van der Waals surface area contributed by atoms with Gasteiger partial charge in [-0.25, -0.2) is 0 Å². The van der Waals surface area contributed by atoms with Gasteiger partial charge in [0.2, 0.25) is 0 Å². The quantitative estimate of drug-likeness (QED) is 0.590. The summed E-state index contributed by atoms with van der Waals surface area (Å²) in [5, 5.41) is 18.9. The molecule has 4 heteroatoms. The van der Waals surface area contributed by atoms with Crippen LogP contribution in [-0.4, -0.2) is 10.2 Å². The minimum absolute atomic E-state index is 0.250. The predicted molar refractivity (Wildman–Crippen MR) is 109 cm³/mol. The van der Waals surface area contributed by atoms with Crippen LogP contribution in [0, 0.1) is 0 Å². The Kier molecular flexibility index (Phi) is 6.73. The number of aliphatic hydroxyl groups excluding tert-OH is 1. The first-order valence-electron chi connectivity index (χ1n) is 9.03. The number of aliphatic hydroxyl groups is 1. The van der Waals surface area contributed by atoms with Crippen molar-refractivity contribution in [1.29, 1.82) is 0 Å². The van der Waals surface area contributed by atoms with E-state index in [1.54, 1.807) is 18.2 Å². The Hall–Kier alpha value is -2.88. The fourth-order valence-electron chi connectivity index (χ4n) is 2.99. The van der Waals surface area contributed by atoms with Crippen molar-refractivity contribution in [3.05, 3.63) is 76.6 Å². The molecule has 0 unspecified atom stereocenters. The van der Waals surface area contributed by atoms with Crippen LogP contribution in [0.3, 0.4) is 0 Å². The summed E-state index contributed by atoms with van der Waals surface area (Å²) in [7, 11) is 0. The molecule has 26 heavy (non-hydrogen) atoms. The monoisotopic (exact) mass is 352 g/mol. The average Bonchev–Trinajstić information content (AvgIpc) is 2.64. The molecule has 4 nitrogen and oxygen atoms in total. The summed E-state index contributed by atoms with van der Waals surface area (Å²) in [6, 6.07) is 10.9. The lowest BCUT2D eigenvalue weighted by molar-refractivity contribution is 0.385. The van der Waals surface area contributed by atoms with Gasteiger partial charge in [-0.1, -0.05) is 37.6 Å². The fourth-order valence-corrected chi connectivity index (χ4v) is 2.99. The van der Waals surface area contributed by atoms with E-state index in [-0.39, 0.29) is 5.75 Å². The van der Waals surface area contributed by atoms with E-state index in [1.165, 1.54) is 5.57 Å². The Morgan fingerprint density at radius 3 is 2.04 bits per heavy atom. The van der Waals surface area contributed by atoms with Crippen molar-refractivity contribution in [2.45, 2.75) is 39.5 Å². The molecular formula is C22H28N2O2. The second-order valence-corrected chi connectivity index (χ2v) is 6.26. The number of rotatable bonds is 4. The van der Waals surface area contributed by atoms with E-state index < -0.39 is 0 Å². The Balaban J connectivity index is 0.00000117. The SMILES string of the molecule is CC.Nc1cc(CC2=CC=C(O)CC2)c(N)c(Cc2ccc(O)cc2)c1. The number of benzene rings is 2. The van der Waals surface area contributed by atoms with Crippen molar-refractivity contribution in [2.75, 3.05) is 11.5 Å². The molecule has 138 valence electrons. The van der Waals surface area contributed by atoms with E-state index in [9.17, 15) is 10.2 Å². The summed E-state index contributed by atoms with van der Waals surface area (Å²) in [5.41, 5.74) is 18.2. The molecule has 0 aliphatic heterocycles. The molecule has 0 radical (unpaired) electrons. The number of hydrogen-bond donors (Lipinski definition) is 4. The van der Waals surface area contributed by atoms with E-state index in [0.717, 1.165) is 35.2 Å². The maximum absolute atomic E-state index is 9.47. The molecule has 0 spiro atoms. The number of aromatic hydroxyl groups is 1. The van der Waals surface area contributed by atoms with Crippen LogP contribution in [0.5, 0.6) is 5.75 Å². The number of hydrogen-bond acceptors (Lipinski definition) is 4. The molecule has 1 aliphatic rings. The molecule has 0 saturated heterocycles. The summed E-state index contributed by atoms with van der Waals surface area (Å²) in [6.07, 6.45) is 6.63. The third kappa shape index (κ3) is 5.06. The molecule has 0 bridgehead atoms. The van der Waals surface area contributed by atoms with Crippen molar-refractivity contribution in [3.8, 4) is 5.75 Å². The summed E-state index contributed by atoms with van der Waals surface area (Å²) in [5.74, 6) is 0.674. The van der Waals surface area contributed by atoms with Gasteiger partial charge in [0.1, 0.15) is 5.75 Å².